The first-order valence-electron chi connectivity index (χ1n) is 10.0. The SMILES string of the molecule is Cc1nnc(SCC2(C(=O)O)CS[C@@H]3C(NC(=O)C(NC(=O)NN)c4csc(N)n4)C(=O)N3C2)s1.Cl.Cl. The molecule has 0 spiro atoms. The van der Waals surface area contributed by atoms with Crippen molar-refractivity contribution in [2.45, 2.75) is 28.7 Å². The fourth-order valence-corrected chi connectivity index (χ4v) is 7.82. The van der Waals surface area contributed by atoms with Crippen LogP contribution in [0.3, 0.4) is 0 Å². The molecule has 2 aromatic rings. The number of carbonyl (C=O) groups is 4. The number of rotatable bonds is 8. The quantitative estimate of drug-likeness (QED) is 0.0756. The van der Waals surface area contributed by atoms with Crippen LogP contribution in [0.2, 0.25) is 0 Å². The number of aromatic nitrogens is 3. The first-order chi connectivity index (χ1) is 16.6. The molecule has 2 aliphatic rings. The van der Waals surface area contributed by atoms with Crippen LogP contribution in [-0.2, 0) is 14.4 Å². The molecule has 4 amide bonds. The Bertz CT molecular complexity index is 1170. The average Bonchev–Trinajstić information content (AvgIpc) is 3.46. The molecule has 3 unspecified atom stereocenters. The Morgan fingerprint density at radius 3 is 2.65 bits per heavy atom. The van der Waals surface area contributed by atoms with Crippen LogP contribution in [0, 0.1) is 12.3 Å². The lowest BCUT2D eigenvalue weighted by Crippen LogP contribution is -2.74. The lowest BCUT2D eigenvalue weighted by Gasteiger charge is -2.53. The maximum Gasteiger partial charge on any atom is 0.329 e. The molecule has 4 heterocycles. The van der Waals surface area contributed by atoms with Gasteiger partial charge in [0.1, 0.15) is 21.8 Å². The molecule has 0 radical (unpaired) electrons. The van der Waals surface area contributed by atoms with Gasteiger partial charge in [0, 0.05) is 23.4 Å². The van der Waals surface area contributed by atoms with Crippen molar-refractivity contribution >= 4 is 100.0 Å². The monoisotopic (exact) mass is 631 g/mol. The normalized spacial score (nSPS) is 22.9. The second-order valence-corrected chi connectivity index (χ2v) is 12.2. The molecule has 4 atom stereocenters. The fraction of sp³-hybridized carbons (Fsp3) is 0.471. The highest BCUT2D eigenvalue weighted by Gasteiger charge is 2.57. The summed E-state index contributed by atoms with van der Waals surface area (Å²) >= 11 is 5.04. The van der Waals surface area contributed by atoms with Crippen molar-refractivity contribution in [1.82, 2.24) is 36.1 Å². The Labute approximate surface area is 239 Å². The standard InChI is InChI=1S/C17H21N9O5S4.2ClH/c1-6-24-25-16(35-6)34-5-17(13(29)30)3-26-11(28)9(12(26)33-4-17)21-10(27)8(22-15(31)23-19)7-2-32-14(18)20-7;;/h2,8-9,12H,3-5,19H2,1H3,(H2,18,20)(H,21,27)(H,29,30)(H2,22,23,31);2*1H/t8?,9?,12-,17?;;/m1../s1. The highest BCUT2D eigenvalue weighted by atomic mass is 35.5. The minimum Gasteiger partial charge on any atom is -0.481 e. The first-order valence-corrected chi connectivity index (χ1v) is 13.7. The largest absolute Gasteiger partial charge is 0.481 e. The number of fused-ring (bicyclic) bond motifs is 1. The number of aryl methyl sites for hydroxylation is 1. The molecular formula is C17H23Cl2N9O5S4. The van der Waals surface area contributed by atoms with E-state index in [0.717, 1.165) is 16.3 Å². The van der Waals surface area contributed by atoms with Gasteiger partial charge in [-0.25, -0.2) is 15.6 Å². The number of halogens is 2. The number of urea groups is 1. The fourth-order valence-electron chi connectivity index (χ4n) is 3.56. The number of hydrogen-bond acceptors (Lipinski definition) is 13. The topological polar surface area (TPSA) is 219 Å². The predicted molar refractivity (Wildman–Crippen MR) is 145 cm³/mol. The van der Waals surface area contributed by atoms with Crippen LogP contribution in [0.5, 0.6) is 0 Å². The van der Waals surface area contributed by atoms with E-state index in [0.29, 0.717) is 4.34 Å². The molecule has 0 aliphatic carbocycles. The minimum atomic E-state index is -1.23. The van der Waals surface area contributed by atoms with Crippen molar-refractivity contribution < 1.29 is 24.3 Å². The summed E-state index contributed by atoms with van der Waals surface area (Å²) in [6.07, 6.45) is 0. The Balaban J connectivity index is 0.00000241. The molecule has 2 saturated heterocycles. The summed E-state index contributed by atoms with van der Waals surface area (Å²) in [6, 6.07) is -2.92. The van der Waals surface area contributed by atoms with E-state index in [9.17, 15) is 24.3 Å². The van der Waals surface area contributed by atoms with Crippen LogP contribution in [0.1, 0.15) is 16.7 Å². The molecule has 2 aromatic heterocycles. The number of thioether (sulfide) groups is 2. The highest BCUT2D eigenvalue weighted by Crippen LogP contribution is 2.44. The van der Waals surface area contributed by atoms with Crippen LogP contribution >= 0.6 is 71.0 Å². The van der Waals surface area contributed by atoms with Gasteiger partial charge in [-0.05, 0) is 6.92 Å². The van der Waals surface area contributed by atoms with Crippen LogP contribution in [0.15, 0.2) is 9.72 Å². The van der Waals surface area contributed by atoms with Gasteiger partial charge in [-0.1, -0.05) is 23.1 Å². The van der Waals surface area contributed by atoms with E-state index in [4.69, 9.17) is 11.6 Å². The molecule has 8 N–H and O–H groups in total. The Kier molecular flexibility index (Phi) is 10.6. The molecule has 0 aromatic carbocycles. The average molecular weight is 633 g/mol. The third kappa shape index (κ3) is 6.50. The number of carboxylic acids is 1. The number of anilines is 1. The number of aliphatic carboxylic acids is 1. The van der Waals surface area contributed by atoms with Crippen molar-refractivity contribution in [2.75, 3.05) is 23.8 Å². The first kappa shape index (κ1) is 31.1. The van der Waals surface area contributed by atoms with Crippen molar-refractivity contribution in [1.29, 1.82) is 0 Å². The van der Waals surface area contributed by atoms with E-state index in [2.05, 4.69) is 25.8 Å². The number of β-lactam (4-membered cyclic amide) rings is 1. The lowest BCUT2D eigenvalue weighted by molar-refractivity contribution is -0.157. The lowest BCUT2D eigenvalue weighted by atomic mass is 9.89. The third-order valence-corrected chi connectivity index (χ3v) is 9.92. The molecule has 20 heteroatoms. The van der Waals surface area contributed by atoms with Gasteiger partial charge in [-0.15, -0.1) is 58.1 Å². The molecule has 14 nitrogen and oxygen atoms in total. The van der Waals surface area contributed by atoms with Crippen molar-refractivity contribution in [2.24, 2.45) is 11.3 Å². The Morgan fingerprint density at radius 2 is 2.08 bits per heavy atom. The molecule has 204 valence electrons. The number of hydrazine groups is 1. The van der Waals surface area contributed by atoms with Crippen LogP contribution in [0.4, 0.5) is 9.93 Å². The maximum atomic E-state index is 13.0. The predicted octanol–water partition coefficient (Wildman–Crippen LogP) is 0.206. The van der Waals surface area contributed by atoms with E-state index < -0.39 is 46.7 Å². The number of amides is 4. The van der Waals surface area contributed by atoms with E-state index in [-0.39, 0.29) is 53.7 Å². The van der Waals surface area contributed by atoms with Crippen molar-refractivity contribution in [3.8, 4) is 0 Å². The number of nitrogens with two attached hydrogens (primary N) is 2. The highest BCUT2D eigenvalue weighted by molar-refractivity contribution is 8.01. The number of carboxylic acid groups (broad SMARTS) is 1. The number of carbonyl (C=O) groups excluding carboxylic acids is 3. The smallest absolute Gasteiger partial charge is 0.329 e. The van der Waals surface area contributed by atoms with E-state index >= 15 is 0 Å². The zero-order valence-electron chi connectivity index (χ0n) is 18.9. The van der Waals surface area contributed by atoms with Crippen molar-refractivity contribution in [3.05, 3.63) is 16.1 Å². The zero-order valence-corrected chi connectivity index (χ0v) is 23.8. The van der Waals surface area contributed by atoms with Crippen LogP contribution < -0.4 is 27.6 Å². The number of hydrogen-bond donors (Lipinski definition) is 6. The summed E-state index contributed by atoms with van der Waals surface area (Å²) in [5, 5.41) is 25.0. The second-order valence-electron chi connectivity index (χ2n) is 7.78. The molecule has 4 rings (SSSR count). The van der Waals surface area contributed by atoms with Gasteiger partial charge in [0.25, 0.3) is 0 Å². The molecule has 0 saturated carbocycles. The summed E-state index contributed by atoms with van der Waals surface area (Å²) in [6.45, 7) is 1.82. The number of nitrogen functional groups attached to an aromatic ring is 1. The molecule has 2 fully saturated rings. The van der Waals surface area contributed by atoms with Gasteiger partial charge >= 0.3 is 12.0 Å². The Morgan fingerprint density at radius 1 is 1.35 bits per heavy atom. The van der Waals surface area contributed by atoms with Gasteiger partial charge in [0.15, 0.2) is 15.5 Å². The van der Waals surface area contributed by atoms with Crippen LogP contribution in [-0.4, -0.2) is 78.5 Å². The second kappa shape index (κ2) is 12.6. The summed E-state index contributed by atoms with van der Waals surface area (Å²) < 4.78 is 0.665. The van der Waals surface area contributed by atoms with Gasteiger partial charge in [0.05, 0.1) is 5.69 Å². The van der Waals surface area contributed by atoms with Gasteiger partial charge in [-0.2, -0.15) is 0 Å². The molecule has 37 heavy (non-hydrogen) atoms. The van der Waals surface area contributed by atoms with E-state index in [1.807, 2.05) is 12.3 Å². The Hall–Kier alpha value is -2.09. The van der Waals surface area contributed by atoms with Gasteiger partial charge in [0.2, 0.25) is 11.8 Å². The van der Waals surface area contributed by atoms with Gasteiger partial charge in [-0.3, -0.25) is 19.8 Å². The number of nitrogens with one attached hydrogen (secondary N) is 3. The molecule has 2 aliphatic heterocycles. The zero-order chi connectivity index (χ0) is 25.3. The van der Waals surface area contributed by atoms with E-state index in [1.54, 1.807) is 0 Å². The number of nitrogens with zero attached hydrogens (tertiary/aromatic N) is 4. The molecule has 0 bridgehead atoms. The number of thiazole rings is 1. The van der Waals surface area contributed by atoms with Crippen LogP contribution in [0.25, 0.3) is 0 Å². The summed E-state index contributed by atoms with van der Waals surface area (Å²) in [5.41, 5.74) is 6.55. The summed E-state index contributed by atoms with van der Waals surface area (Å²) in [4.78, 5) is 55.3. The summed E-state index contributed by atoms with van der Waals surface area (Å²) in [5.74, 6) is 3.50. The molecular weight excluding hydrogens is 609 g/mol. The van der Waals surface area contributed by atoms with Gasteiger partial charge < -0.3 is 26.4 Å². The maximum absolute atomic E-state index is 13.0. The van der Waals surface area contributed by atoms with E-state index in [1.165, 1.54) is 45.1 Å². The minimum absolute atomic E-state index is 0. The summed E-state index contributed by atoms with van der Waals surface area (Å²) in [7, 11) is 0. The third-order valence-electron chi connectivity index (χ3n) is 5.38. The van der Waals surface area contributed by atoms with Crippen molar-refractivity contribution in [3.63, 3.8) is 0 Å².